The summed E-state index contributed by atoms with van der Waals surface area (Å²) in [5, 5.41) is 40.0. The first-order valence-electron chi connectivity index (χ1n) is 19.7. The van der Waals surface area contributed by atoms with Crippen molar-refractivity contribution in [3.05, 3.63) is 90.0 Å². The molecule has 0 saturated carbocycles. The zero-order chi connectivity index (χ0) is 41.1. The summed E-state index contributed by atoms with van der Waals surface area (Å²) in [6.07, 6.45) is 6.29. The van der Waals surface area contributed by atoms with Gasteiger partial charge in [-0.25, -0.2) is 4.98 Å². The van der Waals surface area contributed by atoms with Crippen molar-refractivity contribution in [1.29, 1.82) is 0 Å². The number of carbonyl (C=O) groups excluding carboxylic acids is 3. The van der Waals surface area contributed by atoms with Gasteiger partial charge in [0.15, 0.2) is 0 Å². The maximum atomic E-state index is 14.2. The number of phenolic OH excluding ortho intramolecular Hbond substituents is 1. The van der Waals surface area contributed by atoms with Crippen molar-refractivity contribution < 1.29 is 24.6 Å². The summed E-state index contributed by atoms with van der Waals surface area (Å²) >= 11 is 1.58. The van der Waals surface area contributed by atoms with Crippen LogP contribution in [0.4, 0.5) is 0 Å². The summed E-state index contributed by atoms with van der Waals surface area (Å²) in [4.78, 5) is 50.4. The van der Waals surface area contributed by atoms with Crippen molar-refractivity contribution in [1.82, 2.24) is 45.4 Å². The number of amides is 3. The number of aryl methyl sites for hydroxylation is 1. The van der Waals surface area contributed by atoms with E-state index in [1.165, 1.54) is 4.90 Å². The van der Waals surface area contributed by atoms with Gasteiger partial charge in [-0.1, -0.05) is 57.2 Å². The lowest BCUT2D eigenvalue weighted by Crippen LogP contribution is -2.59. The Morgan fingerprint density at radius 3 is 2.41 bits per heavy atom. The van der Waals surface area contributed by atoms with E-state index >= 15 is 0 Å². The third-order valence-electron chi connectivity index (χ3n) is 11.1. The molecule has 2 unspecified atom stereocenters. The van der Waals surface area contributed by atoms with Gasteiger partial charge in [0.2, 0.25) is 17.7 Å². The first-order valence-corrected chi connectivity index (χ1v) is 20.6. The van der Waals surface area contributed by atoms with Gasteiger partial charge in [0, 0.05) is 48.9 Å². The maximum absolute atomic E-state index is 14.2. The Kier molecular flexibility index (Phi) is 12.0. The van der Waals surface area contributed by atoms with Crippen LogP contribution >= 0.6 is 11.3 Å². The summed E-state index contributed by atoms with van der Waals surface area (Å²) in [6.45, 7) is 11.0. The second kappa shape index (κ2) is 17.1. The van der Waals surface area contributed by atoms with Gasteiger partial charge < -0.3 is 25.7 Å². The second-order valence-corrected chi connectivity index (χ2v) is 17.3. The van der Waals surface area contributed by atoms with Gasteiger partial charge >= 0.3 is 0 Å². The van der Waals surface area contributed by atoms with E-state index in [2.05, 4.69) is 35.8 Å². The number of aliphatic hydroxyl groups excluding tert-OH is 1. The third kappa shape index (κ3) is 9.11. The fourth-order valence-corrected chi connectivity index (χ4v) is 8.61. The molecule has 0 spiro atoms. The summed E-state index contributed by atoms with van der Waals surface area (Å²) in [5.41, 5.74) is 7.00. The third-order valence-corrected chi connectivity index (χ3v) is 12.1. The highest BCUT2D eigenvalue weighted by Crippen LogP contribution is 2.32. The Morgan fingerprint density at radius 2 is 1.72 bits per heavy atom. The first-order chi connectivity index (χ1) is 27.7. The molecule has 14 nitrogen and oxygen atoms in total. The van der Waals surface area contributed by atoms with Crippen LogP contribution in [0.3, 0.4) is 0 Å². The Labute approximate surface area is 342 Å². The number of aromatic nitrogens is 5. The average Bonchev–Trinajstić information content (AvgIpc) is 3.97. The van der Waals surface area contributed by atoms with E-state index in [1.807, 2.05) is 87.4 Å². The number of hydrogen-bond donors (Lipinski definition) is 4. The molecule has 7 rings (SSSR count). The van der Waals surface area contributed by atoms with Crippen molar-refractivity contribution in [3.8, 4) is 38.6 Å². The van der Waals surface area contributed by atoms with Crippen LogP contribution in [-0.4, -0.2) is 107 Å². The number of nitrogens with zero attached hydrogens (tertiary/aromatic N) is 7. The zero-order valence-corrected chi connectivity index (χ0v) is 34.3. The molecule has 58 heavy (non-hydrogen) atoms. The number of nitrogens with one attached hydrogen (secondary N) is 2. The lowest BCUT2D eigenvalue weighted by Gasteiger charge is -2.36. The number of phenols is 1. The summed E-state index contributed by atoms with van der Waals surface area (Å²) in [7, 11) is 0. The molecule has 2 fully saturated rings. The Bertz CT molecular complexity index is 2240. The number of aliphatic hydroxyl groups is 1. The molecule has 2 aliphatic rings. The van der Waals surface area contributed by atoms with Gasteiger partial charge in [-0.2, -0.15) is 15.3 Å². The molecule has 304 valence electrons. The summed E-state index contributed by atoms with van der Waals surface area (Å²) in [5.74, 6) is -0.873. The van der Waals surface area contributed by atoms with Crippen LogP contribution in [-0.2, 0) is 14.4 Å². The van der Waals surface area contributed by atoms with Crippen molar-refractivity contribution in [2.24, 2.45) is 5.41 Å². The Balaban J connectivity index is 0.932. The number of para-hydroxylation sites is 1. The molecule has 5 aromatic rings. The number of thiazole rings is 1. The van der Waals surface area contributed by atoms with Crippen LogP contribution in [0.25, 0.3) is 32.8 Å². The van der Waals surface area contributed by atoms with Crippen LogP contribution in [0, 0.1) is 12.3 Å². The average molecular weight is 806 g/mol. The molecule has 3 amide bonds. The number of hydrogen-bond acceptors (Lipinski definition) is 11. The van der Waals surface area contributed by atoms with E-state index in [9.17, 15) is 24.6 Å². The molecule has 0 radical (unpaired) electrons. The van der Waals surface area contributed by atoms with E-state index in [1.54, 1.807) is 41.9 Å². The molecule has 15 heteroatoms. The zero-order valence-electron chi connectivity index (χ0n) is 33.5. The number of carbonyl (C=O) groups is 3. The fourth-order valence-electron chi connectivity index (χ4n) is 7.80. The Morgan fingerprint density at radius 1 is 0.983 bits per heavy atom. The molecule has 4 N–H and O–H groups in total. The largest absolute Gasteiger partial charge is 0.507 e. The number of β-amino-alcohol motifs (C(OH)–C–C–N with tert-alkyl or cyclic N) is 1. The molecule has 4 atom stereocenters. The fraction of sp³-hybridized carbons (Fsp3) is 0.419. The number of piperidine rings is 1. The van der Waals surface area contributed by atoms with Crippen molar-refractivity contribution in [2.45, 2.75) is 84.2 Å². The van der Waals surface area contributed by atoms with E-state index in [0.29, 0.717) is 24.3 Å². The van der Waals surface area contributed by atoms with Gasteiger partial charge in [0.1, 0.15) is 17.8 Å². The molecule has 2 aromatic carbocycles. The lowest BCUT2D eigenvalue weighted by atomic mass is 9.85. The van der Waals surface area contributed by atoms with Gasteiger partial charge in [0.25, 0.3) is 0 Å². The minimum atomic E-state index is -0.908. The van der Waals surface area contributed by atoms with E-state index in [0.717, 1.165) is 45.7 Å². The molecule has 5 heterocycles. The van der Waals surface area contributed by atoms with E-state index in [4.69, 9.17) is 0 Å². The second-order valence-electron chi connectivity index (χ2n) is 16.4. The lowest BCUT2D eigenvalue weighted by molar-refractivity contribution is -0.144. The van der Waals surface area contributed by atoms with Crippen LogP contribution in [0.2, 0.25) is 0 Å². The molecule has 2 aliphatic heterocycles. The standard InChI is InChI=1S/C43H51N9O5S/c1-26(28-10-12-29(13-11-28)39-27(2)44-25-58-39)47-41(56)36-19-33(53)23-51(36)42(57)40(43(3,4)5)48-38(55)24-50-16-14-32(15-17-50)52-22-31(21-46-52)30-18-35(49-45-20-30)34-8-6-7-9-37(34)54/h6-13,18,20-22,25-26,32-33,36,40,53-54H,14-17,19,23-24H2,1-5H3,(H,47,56)(H,48,55)/t26?,33-,36+,40?/m1/s1. The Hall–Kier alpha value is -5.51. The highest BCUT2D eigenvalue weighted by Gasteiger charge is 2.45. The maximum Gasteiger partial charge on any atom is 0.246 e. The summed E-state index contributed by atoms with van der Waals surface area (Å²) < 4.78 is 1.96. The van der Waals surface area contributed by atoms with Gasteiger partial charge in [-0.3, -0.25) is 24.0 Å². The molecule has 0 aliphatic carbocycles. The van der Waals surface area contributed by atoms with Crippen molar-refractivity contribution in [3.63, 3.8) is 0 Å². The quantitative estimate of drug-likeness (QED) is 0.140. The van der Waals surface area contributed by atoms with Crippen LogP contribution in [0.1, 0.15) is 70.3 Å². The molecule has 0 bridgehead atoms. The minimum Gasteiger partial charge on any atom is -0.507 e. The molecular weight excluding hydrogens is 755 g/mol. The van der Waals surface area contributed by atoms with Crippen LogP contribution in [0.15, 0.2) is 78.7 Å². The monoisotopic (exact) mass is 805 g/mol. The minimum absolute atomic E-state index is 0.00869. The first kappa shape index (κ1) is 40.7. The van der Waals surface area contributed by atoms with E-state index in [-0.39, 0.29) is 55.1 Å². The van der Waals surface area contributed by atoms with Crippen LogP contribution < -0.4 is 10.6 Å². The van der Waals surface area contributed by atoms with E-state index < -0.39 is 23.6 Å². The van der Waals surface area contributed by atoms with Crippen LogP contribution in [0.5, 0.6) is 5.75 Å². The van der Waals surface area contributed by atoms with Crippen molar-refractivity contribution >= 4 is 29.1 Å². The molecule has 2 saturated heterocycles. The predicted molar refractivity (Wildman–Crippen MR) is 221 cm³/mol. The number of benzene rings is 2. The molecule has 3 aromatic heterocycles. The number of aromatic hydroxyl groups is 1. The van der Waals surface area contributed by atoms with Crippen molar-refractivity contribution in [2.75, 3.05) is 26.2 Å². The predicted octanol–water partition coefficient (Wildman–Crippen LogP) is 5.15. The summed E-state index contributed by atoms with van der Waals surface area (Å²) in [6, 6.07) is 14.9. The highest BCUT2D eigenvalue weighted by atomic mass is 32.1. The number of rotatable bonds is 11. The number of likely N-dealkylation sites (tertiary alicyclic amines) is 2. The normalized spacial score (nSPS) is 18.8. The van der Waals surface area contributed by atoms with Gasteiger partial charge in [0.05, 0.1) is 58.9 Å². The van der Waals surface area contributed by atoms with Gasteiger partial charge in [-0.15, -0.1) is 11.3 Å². The topological polar surface area (TPSA) is 179 Å². The SMILES string of the molecule is Cc1ncsc1-c1ccc(C(C)NC(=O)[C@@H]2C[C@@H](O)CN2C(=O)C(NC(=O)CN2CCC(n3cc(-c4cnnc(-c5ccccc5O)c4)cn3)CC2)C(C)(C)C)cc1. The smallest absolute Gasteiger partial charge is 0.246 e. The molecular formula is C43H51N9O5S. The highest BCUT2D eigenvalue weighted by molar-refractivity contribution is 7.13. The van der Waals surface area contributed by atoms with Gasteiger partial charge in [-0.05, 0) is 61.4 Å².